The molecule has 0 radical (unpaired) electrons. The van der Waals surface area contributed by atoms with Crippen molar-refractivity contribution in [1.29, 1.82) is 0 Å². The number of ether oxygens (including phenoxy) is 2. The summed E-state index contributed by atoms with van der Waals surface area (Å²) in [6.07, 6.45) is 0.610. The molecule has 2 aliphatic heterocycles. The summed E-state index contributed by atoms with van der Waals surface area (Å²) in [7, 11) is 0. The van der Waals surface area contributed by atoms with Gasteiger partial charge in [0.25, 0.3) is 0 Å². The number of nitrogens with zero attached hydrogens (tertiary/aromatic N) is 2. The first-order valence-corrected chi connectivity index (χ1v) is 7.76. The minimum Gasteiger partial charge on any atom is -0.454 e. The van der Waals surface area contributed by atoms with Crippen LogP contribution in [0.5, 0.6) is 11.5 Å². The smallest absolute Gasteiger partial charge is 0.231 e. The highest BCUT2D eigenvalue weighted by Gasteiger charge is 2.29. The van der Waals surface area contributed by atoms with Crippen molar-refractivity contribution in [2.75, 3.05) is 6.79 Å². The number of likely N-dealkylation sites (tertiary alicyclic amines) is 1. The van der Waals surface area contributed by atoms with Gasteiger partial charge in [-0.1, -0.05) is 0 Å². The van der Waals surface area contributed by atoms with E-state index < -0.39 is 0 Å². The highest BCUT2D eigenvalue weighted by atomic mass is 32.1. The average molecular weight is 316 g/mol. The summed E-state index contributed by atoms with van der Waals surface area (Å²) < 4.78 is 10.6. The molecule has 1 saturated heterocycles. The van der Waals surface area contributed by atoms with Gasteiger partial charge in [0.1, 0.15) is 5.01 Å². The van der Waals surface area contributed by atoms with Gasteiger partial charge in [0.2, 0.25) is 18.6 Å². The third kappa shape index (κ3) is 2.23. The summed E-state index contributed by atoms with van der Waals surface area (Å²) >= 11 is 1.44. The van der Waals surface area contributed by atoms with E-state index >= 15 is 0 Å². The van der Waals surface area contributed by atoms with Gasteiger partial charge in [-0.05, 0) is 18.2 Å². The molecule has 1 aromatic heterocycles. The Labute approximate surface area is 130 Å². The Morgan fingerprint density at radius 3 is 2.73 bits per heavy atom. The van der Waals surface area contributed by atoms with E-state index in [9.17, 15) is 9.59 Å². The molecule has 2 amide bonds. The van der Waals surface area contributed by atoms with E-state index in [1.165, 1.54) is 16.2 Å². The molecule has 0 unspecified atom stereocenters. The van der Waals surface area contributed by atoms with Crippen molar-refractivity contribution in [2.45, 2.75) is 19.4 Å². The van der Waals surface area contributed by atoms with Gasteiger partial charge in [-0.25, -0.2) is 4.98 Å². The van der Waals surface area contributed by atoms with Crippen molar-refractivity contribution >= 4 is 23.2 Å². The summed E-state index contributed by atoms with van der Waals surface area (Å²) in [5.74, 6) is 1.19. The van der Waals surface area contributed by atoms with Gasteiger partial charge in [0, 0.05) is 23.8 Å². The predicted octanol–water partition coefficient (Wildman–Crippen LogP) is 2.19. The lowest BCUT2D eigenvalue weighted by Gasteiger charge is -2.10. The number of fused-ring (bicyclic) bond motifs is 1. The molecule has 0 bridgehead atoms. The lowest BCUT2D eigenvalue weighted by Crippen LogP contribution is -2.28. The molecule has 1 aromatic carbocycles. The largest absolute Gasteiger partial charge is 0.454 e. The van der Waals surface area contributed by atoms with E-state index in [-0.39, 0.29) is 25.2 Å². The Balaban J connectivity index is 1.56. The molecule has 3 heterocycles. The lowest BCUT2D eigenvalue weighted by atomic mass is 10.1. The standard InChI is InChI=1S/C15H12N2O4S/c18-14-3-4-15(19)17(14)6-13-16-10(7-22-13)9-1-2-11-12(5-9)21-8-20-11/h1-2,5,7H,3-4,6,8H2. The zero-order valence-electron chi connectivity index (χ0n) is 11.6. The second-order valence-electron chi connectivity index (χ2n) is 5.07. The third-order valence-corrected chi connectivity index (χ3v) is 4.50. The fourth-order valence-electron chi connectivity index (χ4n) is 2.51. The number of hydrogen-bond donors (Lipinski definition) is 0. The monoisotopic (exact) mass is 316 g/mol. The second kappa shape index (κ2) is 5.10. The van der Waals surface area contributed by atoms with Gasteiger partial charge >= 0.3 is 0 Å². The van der Waals surface area contributed by atoms with Gasteiger partial charge in [0.05, 0.1) is 12.2 Å². The van der Waals surface area contributed by atoms with Crippen LogP contribution in [0.25, 0.3) is 11.3 Å². The molecule has 1 fully saturated rings. The fourth-order valence-corrected chi connectivity index (χ4v) is 3.30. The first kappa shape index (κ1) is 13.3. The summed E-state index contributed by atoms with van der Waals surface area (Å²) in [6.45, 7) is 0.493. The Morgan fingerprint density at radius 1 is 1.14 bits per heavy atom. The molecule has 6 nitrogen and oxygen atoms in total. The van der Waals surface area contributed by atoms with Crippen LogP contribution in [0.15, 0.2) is 23.6 Å². The molecule has 0 spiro atoms. The summed E-state index contributed by atoms with van der Waals surface area (Å²) in [5, 5.41) is 2.66. The van der Waals surface area contributed by atoms with Crippen LogP contribution < -0.4 is 9.47 Å². The molecule has 0 atom stereocenters. The number of rotatable bonds is 3. The summed E-state index contributed by atoms with van der Waals surface area (Å²) in [4.78, 5) is 29.1. The number of thiazole rings is 1. The van der Waals surface area contributed by atoms with Crippen molar-refractivity contribution in [2.24, 2.45) is 0 Å². The number of carbonyl (C=O) groups excluding carboxylic acids is 2. The molecule has 112 valence electrons. The summed E-state index contributed by atoms with van der Waals surface area (Å²) in [5.41, 5.74) is 1.73. The van der Waals surface area contributed by atoms with Crippen LogP contribution in [-0.2, 0) is 16.1 Å². The zero-order chi connectivity index (χ0) is 15.1. The molecule has 0 saturated carbocycles. The minimum atomic E-state index is -0.121. The number of hydrogen-bond acceptors (Lipinski definition) is 6. The van der Waals surface area contributed by atoms with Crippen LogP contribution in [0.3, 0.4) is 0 Å². The third-order valence-electron chi connectivity index (χ3n) is 3.67. The van der Waals surface area contributed by atoms with E-state index in [2.05, 4.69) is 4.98 Å². The van der Waals surface area contributed by atoms with Crippen LogP contribution in [0.2, 0.25) is 0 Å². The molecule has 7 heteroatoms. The van der Waals surface area contributed by atoms with Crippen molar-refractivity contribution < 1.29 is 19.1 Å². The van der Waals surface area contributed by atoms with Crippen molar-refractivity contribution in [3.63, 3.8) is 0 Å². The molecule has 22 heavy (non-hydrogen) atoms. The normalized spacial score (nSPS) is 16.6. The van der Waals surface area contributed by atoms with E-state index in [0.717, 1.165) is 22.0 Å². The van der Waals surface area contributed by atoms with Crippen LogP contribution in [-0.4, -0.2) is 28.5 Å². The van der Waals surface area contributed by atoms with Gasteiger partial charge in [-0.2, -0.15) is 0 Å². The molecular formula is C15H12N2O4S. The van der Waals surface area contributed by atoms with Gasteiger partial charge in [-0.15, -0.1) is 11.3 Å². The maximum absolute atomic E-state index is 11.6. The van der Waals surface area contributed by atoms with Crippen LogP contribution in [0.4, 0.5) is 0 Å². The highest BCUT2D eigenvalue weighted by molar-refractivity contribution is 7.09. The maximum atomic E-state index is 11.6. The number of amides is 2. The molecule has 2 aromatic rings. The van der Waals surface area contributed by atoms with Gasteiger partial charge in [-0.3, -0.25) is 14.5 Å². The first-order chi connectivity index (χ1) is 10.7. The second-order valence-corrected chi connectivity index (χ2v) is 6.01. The predicted molar refractivity (Wildman–Crippen MR) is 78.5 cm³/mol. The maximum Gasteiger partial charge on any atom is 0.231 e. The van der Waals surface area contributed by atoms with Crippen LogP contribution in [0, 0.1) is 0 Å². The molecule has 0 N–H and O–H groups in total. The number of aromatic nitrogens is 1. The quantitative estimate of drug-likeness (QED) is 0.812. The van der Waals surface area contributed by atoms with Crippen LogP contribution >= 0.6 is 11.3 Å². The molecular weight excluding hydrogens is 304 g/mol. The number of benzene rings is 1. The minimum absolute atomic E-state index is 0.121. The van der Waals surface area contributed by atoms with Gasteiger partial charge in [0.15, 0.2) is 11.5 Å². The topological polar surface area (TPSA) is 68.7 Å². The Hall–Kier alpha value is -2.41. The SMILES string of the molecule is O=C1CCC(=O)N1Cc1nc(-c2ccc3c(c2)OCO3)cs1. The van der Waals surface area contributed by atoms with Crippen molar-refractivity contribution in [1.82, 2.24) is 9.88 Å². The van der Waals surface area contributed by atoms with E-state index in [1.54, 1.807) is 0 Å². The zero-order valence-corrected chi connectivity index (χ0v) is 12.4. The molecule has 2 aliphatic rings. The van der Waals surface area contributed by atoms with Crippen molar-refractivity contribution in [3.8, 4) is 22.8 Å². The first-order valence-electron chi connectivity index (χ1n) is 6.88. The van der Waals surface area contributed by atoms with Crippen molar-refractivity contribution in [3.05, 3.63) is 28.6 Å². The fraction of sp³-hybridized carbons (Fsp3) is 0.267. The number of imide groups is 1. The Kier molecular flexibility index (Phi) is 3.07. The van der Waals surface area contributed by atoms with E-state index in [0.29, 0.717) is 18.6 Å². The van der Waals surface area contributed by atoms with Gasteiger partial charge < -0.3 is 9.47 Å². The lowest BCUT2D eigenvalue weighted by molar-refractivity contribution is -0.139. The molecule has 0 aliphatic carbocycles. The number of carbonyl (C=O) groups is 2. The highest BCUT2D eigenvalue weighted by Crippen LogP contribution is 2.36. The van der Waals surface area contributed by atoms with E-state index in [1.807, 2.05) is 23.6 Å². The Bertz CT molecular complexity index is 755. The molecule has 4 rings (SSSR count). The Morgan fingerprint density at radius 2 is 1.91 bits per heavy atom. The van der Waals surface area contributed by atoms with Crippen LogP contribution in [0.1, 0.15) is 17.8 Å². The van der Waals surface area contributed by atoms with E-state index in [4.69, 9.17) is 9.47 Å². The average Bonchev–Trinajstić information content (AvgIpc) is 3.23. The summed E-state index contributed by atoms with van der Waals surface area (Å²) in [6, 6.07) is 5.65.